The molecule has 2 amide bonds. The Labute approximate surface area is 188 Å². The molecule has 1 aliphatic carbocycles. The molecule has 0 unspecified atom stereocenters. The van der Waals surface area contributed by atoms with E-state index in [1.165, 1.54) is 11.1 Å². The van der Waals surface area contributed by atoms with E-state index in [9.17, 15) is 14.4 Å². The molecular weight excluding hydrogens is 408 g/mol. The summed E-state index contributed by atoms with van der Waals surface area (Å²) in [5.41, 5.74) is 3.79. The highest BCUT2D eigenvalue weighted by atomic mass is 16.5. The monoisotopic (exact) mass is 438 g/mol. The Morgan fingerprint density at radius 2 is 1.53 bits per heavy atom. The van der Waals surface area contributed by atoms with Crippen LogP contribution in [0.4, 0.5) is 4.79 Å². The zero-order chi connectivity index (χ0) is 23.1. The molecule has 3 N–H and O–H groups in total. The van der Waals surface area contributed by atoms with Crippen LogP contribution in [0.15, 0.2) is 48.5 Å². The van der Waals surface area contributed by atoms with Gasteiger partial charge >= 0.3 is 12.1 Å². The normalized spacial score (nSPS) is 12.6. The number of ether oxygens (including phenoxy) is 1. The fourth-order valence-electron chi connectivity index (χ4n) is 3.80. The lowest BCUT2D eigenvalue weighted by molar-refractivity contribution is -0.147. The van der Waals surface area contributed by atoms with Gasteiger partial charge in [-0.3, -0.25) is 9.59 Å². The van der Waals surface area contributed by atoms with Crippen LogP contribution in [-0.2, 0) is 14.3 Å². The smallest absolute Gasteiger partial charge is 0.407 e. The van der Waals surface area contributed by atoms with E-state index in [-0.39, 0.29) is 24.9 Å². The second kappa shape index (κ2) is 10.3. The van der Waals surface area contributed by atoms with Gasteiger partial charge in [-0.25, -0.2) is 4.79 Å². The summed E-state index contributed by atoms with van der Waals surface area (Å²) in [6.07, 6.45) is 0.567. The summed E-state index contributed by atoms with van der Waals surface area (Å²) in [4.78, 5) is 35.1. The summed E-state index contributed by atoms with van der Waals surface area (Å²) in [5.74, 6) is -1.05. The lowest BCUT2D eigenvalue weighted by atomic mass is 9.90. The molecule has 2 aromatic rings. The van der Waals surface area contributed by atoms with Crippen molar-refractivity contribution in [3.8, 4) is 11.1 Å². The molecule has 0 spiro atoms. The van der Waals surface area contributed by atoms with Gasteiger partial charge < -0.3 is 20.5 Å². The number of alkyl carbamates (subject to hydrolysis) is 1. The topological polar surface area (TPSA) is 105 Å². The fourth-order valence-corrected chi connectivity index (χ4v) is 3.80. The number of carboxylic acids is 1. The predicted molar refractivity (Wildman–Crippen MR) is 121 cm³/mol. The van der Waals surface area contributed by atoms with Crippen molar-refractivity contribution in [1.82, 2.24) is 10.6 Å². The molecule has 32 heavy (non-hydrogen) atoms. The number of fused-ring (bicyclic) bond motifs is 3. The minimum Gasteiger partial charge on any atom is -0.481 e. The molecule has 0 radical (unpaired) electrons. The van der Waals surface area contributed by atoms with Crippen molar-refractivity contribution in [2.45, 2.75) is 39.0 Å². The zero-order valence-corrected chi connectivity index (χ0v) is 18.5. The molecule has 0 heterocycles. The van der Waals surface area contributed by atoms with Crippen molar-refractivity contribution in [3.63, 3.8) is 0 Å². The van der Waals surface area contributed by atoms with Gasteiger partial charge in [-0.05, 0) is 48.9 Å². The maximum Gasteiger partial charge on any atom is 0.407 e. The number of carbonyl (C=O) groups is 3. The number of amides is 2. The second-order valence-corrected chi connectivity index (χ2v) is 8.64. The molecule has 0 atom stereocenters. The number of aliphatic carboxylic acids is 1. The SMILES string of the molecule is CC(C)(CCNC(=O)CCCNC(=O)OCC1c2ccccc2-c2ccccc21)C(=O)O. The first-order valence-electron chi connectivity index (χ1n) is 10.9. The van der Waals surface area contributed by atoms with Crippen molar-refractivity contribution in [2.75, 3.05) is 19.7 Å². The fraction of sp³-hybridized carbons (Fsp3) is 0.400. The Hall–Kier alpha value is -3.35. The first-order valence-corrected chi connectivity index (χ1v) is 10.9. The summed E-state index contributed by atoms with van der Waals surface area (Å²) in [6, 6.07) is 16.3. The summed E-state index contributed by atoms with van der Waals surface area (Å²) >= 11 is 0. The highest BCUT2D eigenvalue weighted by Gasteiger charge is 2.29. The molecule has 0 saturated carbocycles. The Morgan fingerprint density at radius 1 is 0.938 bits per heavy atom. The Morgan fingerprint density at radius 3 is 2.12 bits per heavy atom. The standard InChI is InChI=1S/C25H30N2O5/c1-25(2,23(29)30)13-15-26-22(28)12-7-14-27-24(31)32-16-21-19-10-5-3-8-17(19)18-9-4-6-11-20(18)21/h3-6,8-11,21H,7,12-16H2,1-2H3,(H,26,28)(H,27,31)(H,29,30). The number of carboxylic acid groups (broad SMARTS) is 1. The molecular formula is C25H30N2O5. The number of hydrogen-bond donors (Lipinski definition) is 3. The molecule has 2 aromatic carbocycles. The number of carbonyl (C=O) groups excluding carboxylic acids is 2. The summed E-state index contributed by atoms with van der Waals surface area (Å²) in [7, 11) is 0. The maximum absolute atomic E-state index is 12.1. The molecule has 0 aliphatic heterocycles. The van der Waals surface area contributed by atoms with Crippen LogP contribution in [0.1, 0.15) is 50.2 Å². The first-order chi connectivity index (χ1) is 15.3. The molecule has 1 aliphatic rings. The molecule has 0 bridgehead atoms. The van der Waals surface area contributed by atoms with Crippen LogP contribution in [-0.4, -0.2) is 42.8 Å². The van der Waals surface area contributed by atoms with E-state index in [0.717, 1.165) is 11.1 Å². The molecule has 0 aromatic heterocycles. The van der Waals surface area contributed by atoms with E-state index < -0.39 is 17.5 Å². The van der Waals surface area contributed by atoms with Gasteiger partial charge in [0, 0.05) is 25.4 Å². The van der Waals surface area contributed by atoms with E-state index in [2.05, 4.69) is 34.9 Å². The van der Waals surface area contributed by atoms with E-state index in [0.29, 0.717) is 25.9 Å². The number of hydrogen-bond acceptors (Lipinski definition) is 4. The average molecular weight is 439 g/mol. The Bertz CT molecular complexity index is 940. The maximum atomic E-state index is 12.1. The quantitative estimate of drug-likeness (QED) is 0.488. The Balaban J connectivity index is 1.37. The van der Waals surface area contributed by atoms with Crippen LogP contribution >= 0.6 is 0 Å². The van der Waals surface area contributed by atoms with Gasteiger partial charge in [0.05, 0.1) is 5.41 Å². The largest absolute Gasteiger partial charge is 0.481 e. The molecule has 0 fully saturated rings. The van der Waals surface area contributed by atoms with Gasteiger partial charge in [0.1, 0.15) is 6.61 Å². The summed E-state index contributed by atoms with van der Waals surface area (Å²) < 4.78 is 5.47. The second-order valence-electron chi connectivity index (χ2n) is 8.64. The Kier molecular flexibility index (Phi) is 7.51. The minimum absolute atomic E-state index is 0.00832. The molecule has 0 saturated heterocycles. The van der Waals surface area contributed by atoms with Gasteiger partial charge in [-0.15, -0.1) is 0 Å². The van der Waals surface area contributed by atoms with Crippen LogP contribution in [0.5, 0.6) is 0 Å². The molecule has 3 rings (SSSR count). The predicted octanol–water partition coefficient (Wildman–Crippen LogP) is 3.92. The van der Waals surface area contributed by atoms with Crippen LogP contribution in [0.25, 0.3) is 11.1 Å². The third kappa shape index (κ3) is 5.66. The zero-order valence-electron chi connectivity index (χ0n) is 18.5. The van der Waals surface area contributed by atoms with Crippen molar-refractivity contribution >= 4 is 18.0 Å². The lowest BCUT2D eigenvalue weighted by Gasteiger charge is -2.18. The van der Waals surface area contributed by atoms with Crippen LogP contribution < -0.4 is 10.6 Å². The lowest BCUT2D eigenvalue weighted by Crippen LogP contribution is -2.32. The highest BCUT2D eigenvalue weighted by molar-refractivity contribution is 5.79. The van der Waals surface area contributed by atoms with Crippen LogP contribution in [0.2, 0.25) is 0 Å². The van der Waals surface area contributed by atoms with E-state index in [4.69, 9.17) is 9.84 Å². The van der Waals surface area contributed by atoms with Gasteiger partial charge in [0.25, 0.3) is 0 Å². The van der Waals surface area contributed by atoms with E-state index in [1.807, 2.05) is 24.3 Å². The minimum atomic E-state index is -0.890. The van der Waals surface area contributed by atoms with Gasteiger partial charge in [0.15, 0.2) is 0 Å². The van der Waals surface area contributed by atoms with Crippen molar-refractivity contribution in [3.05, 3.63) is 59.7 Å². The van der Waals surface area contributed by atoms with E-state index in [1.54, 1.807) is 13.8 Å². The number of rotatable bonds is 10. The van der Waals surface area contributed by atoms with Crippen LogP contribution in [0.3, 0.4) is 0 Å². The highest BCUT2D eigenvalue weighted by Crippen LogP contribution is 2.44. The first kappa shape index (κ1) is 23.3. The van der Waals surface area contributed by atoms with Gasteiger partial charge in [-0.2, -0.15) is 0 Å². The van der Waals surface area contributed by atoms with Gasteiger partial charge in [-0.1, -0.05) is 48.5 Å². The molecule has 170 valence electrons. The van der Waals surface area contributed by atoms with Crippen molar-refractivity contribution in [1.29, 1.82) is 0 Å². The number of nitrogens with one attached hydrogen (secondary N) is 2. The van der Waals surface area contributed by atoms with E-state index >= 15 is 0 Å². The summed E-state index contributed by atoms with van der Waals surface area (Å²) in [5, 5.41) is 14.5. The summed E-state index contributed by atoms with van der Waals surface area (Å²) in [6.45, 7) is 4.13. The van der Waals surface area contributed by atoms with Crippen LogP contribution in [0, 0.1) is 5.41 Å². The average Bonchev–Trinajstić information content (AvgIpc) is 3.09. The van der Waals surface area contributed by atoms with Crippen molar-refractivity contribution in [2.24, 2.45) is 5.41 Å². The third-order valence-corrected chi connectivity index (χ3v) is 5.84. The van der Waals surface area contributed by atoms with Crippen molar-refractivity contribution < 1.29 is 24.2 Å². The third-order valence-electron chi connectivity index (χ3n) is 5.84. The number of benzene rings is 2. The molecule has 7 nitrogen and oxygen atoms in total. The van der Waals surface area contributed by atoms with Gasteiger partial charge in [0.2, 0.25) is 5.91 Å². The molecule has 7 heteroatoms.